The number of ether oxygens (including phenoxy) is 1. The number of para-hydroxylation sites is 2. The number of benzene rings is 3. The van der Waals surface area contributed by atoms with Gasteiger partial charge in [-0.1, -0.05) is 66.7 Å². The van der Waals surface area contributed by atoms with Crippen LogP contribution in [0, 0.1) is 25.2 Å². The zero-order valence-electron chi connectivity index (χ0n) is 15.1. The first-order valence-corrected chi connectivity index (χ1v) is 8.67. The van der Waals surface area contributed by atoms with Gasteiger partial charge in [0.1, 0.15) is 18.4 Å². The summed E-state index contributed by atoms with van der Waals surface area (Å²) in [5.41, 5.74) is 5.17. The second kappa shape index (κ2) is 8.22. The van der Waals surface area contributed by atoms with Gasteiger partial charge in [-0.05, 0) is 36.6 Å². The van der Waals surface area contributed by atoms with E-state index in [4.69, 9.17) is 4.74 Å². The highest BCUT2D eigenvalue weighted by molar-refractivity contribution is 5.59. The Bertz CT molecular complexity index is 893. The fraction of sp³-hybridized carbons (Fsp3) is 0.174. The SMILES string of the molecule is Cc1cccc(C)c1NC(C#N)c1ccccc1OCc1ccccc1. The summed E-state index contributed by atoms with van der Waals surface area (Å²) < 4.78 is 6.01. The van der Waals surface area contributed by atoms with Crippen molar-refractivity contribution in [3.05, 3.63) is 95.1 Å². The van der Waals surface area contributed by atoms with Crippen molar-refractivity contribution in [3.8, 4) is 11.8 Å². The molecule has 0 amide bonds. The molecule has 1 unspecified atom stereocenters. The molecule has 26 heavy (non-hydrogen) atoms. The Morgan fingerprint density at radius 1 is 0.885 bits per heavy atom. The molecule has 0 fully saturated rings. The number of nitriles is 1. The quantitative estimate of drug-likeness (QED) is 0.638. The van der Waals surface area contributed by atoms with Crippen LogP contribution in [-0.2, 0) is 6.61 Å². The molecule has 3 nitrogen and oxygen atoms in total. The third-order valence-corrected chi connectivity index (χ3v) is 4.37. The molecule has 3 rings (SSSR count). The van der Waals surface area contributed by atoms with Crippen molar-refractivity contribution in [2.45, 2.75) is 26.5 Å². The van der Waals surface area contributed by atoms with Gasteiger partial charge in [0.05, 0.1) is 6.07 Å². The van der Waals surface area contributed by atoms with Gasteiger partial charge >= 0.3 is 0 Å². The fourth-order valence-corrected chi connectivity index (χ4v) is 2.95. The molecule has 3 aromatic carbocycles. The Labute approximate surface area is 154 Å². The molecular weight excluding hydrogens is 320 g/mol. The van der Waals surface area contributed by atoms with Crippen molar-refractivity contribution in [3.63, 3.8) is 0 Å². The maximum absolute atomic E-state index is 9.76. The van der Waals surface area contributed by atoms with E-state index in [0.717, 1.165) is 33.7 Å². The van der Waals surface area contributed by atoms with Crippen LogP contribution in [-0.4, -0.2) is 0 Å². The molecule has 0 aromatic heterocycles. The lowest BCUT2D eigenvalue weighted by molar-refractivity contribution is 0.302. The van der Waals surface area contributed by atoms with Gasteiger partial charge in [-0.3, -0.25) is 0 Å². The molecule has 0 aliphatic rings. The fourth-order valence-electron chi connectivity index (χ4n) is 2.95. The normalized spacial score (nSPS) is 11.4. The van der Waals surface area contributed by atoms with Crippen LogP contribution in [0.15, 0.2) is 72.8 Å². The molecule has 0 saturated heterocycles. The molecule has 0 spiro atoms. The third-order valence-electron chi connectivity index (χ3n) is 4.37. The lowest BCUT2D eigenvalue weighted by Crippen LogP contribution is -2.12. The van der Waals surface area contributed by atoms with Gasteiger partial charge < -0.3 is 10.1 Å². The van der Waals surface area contributed by atoms with Gasteiger partial charge in [-0.15, -0.1) is 0 Å². The summed E-state index contributed by atoms with van der Waals surface area (Å²) >= 11 is 0. The first-order valence-electron chi connectivity index (χ1n) is 8.67. The average Bonchev–Trinajstić information content (AvgIpc) is 2.67. The van der Waals surface area contributed by atoms with Gasteiger partial charge in [-0.2, -0.15) is 5.26 Å². The molecule has 0 saturated carbocycles. The summed E-state index contributed by atoms with van der Waals surface area (Å²) in [6, 6.07) is 25.7. The topological polar surface area (TPSA) is 45.0 Å². The minimum atomic E-state index is -0.484. The van der Waals surface area contributed by atoms with Crippen LogP contribution in [0.1, 0.15) is 28.3 Å². The molecule has 0 heterocycles. The predicted octanol–water partition coefficient (Wildman–Crippen LogP) is 5.56. The Morgan fingerprint density at radius 2 is 1.54 bits per heavy atom. The highest BCUT2D eigenvalue weighted by atomic mass is 16.5. The smallest absolute Gasteiger partial charge is 0.143 e. The Hall–Kier alpha value is -3.25. The van der Waals surface area contributed by atoms with Crippen LogP contribution in [0.3, 0.4) is 0 Å². The first kappa shape index (κ1) is 17.6. The van der Waals surface area contributed by atoms with Gasteiger partial charge in [0.15, 0.2) is 0 Å². The number of hydrogen-bond donors (Lipinski definition) is 1. The minimum absolute atomic E-state index is 0.472. The summed E-state index contributed by atoms with van der Waals surface area (Å²) in [5.74, 6) is 0.724. The number of hydrogen-bond acceptors (Lipinski definition) is 3. The molecule has 0 aliphatic carbocycles. The van der Waals surface area contributed by atoms with Crippen molar-refractivity contribution < 1.29 is 4.74 Å². The van der Waals surface area contributed by atoms with E-state index < -0.39 is 6.04 Å². The monoisotopic (exact) mass is 342 g/mol. The van der Waals surface area contributed by atoms with Gasteiger partial charge in [0.25, 0.3) is 0 Å². The second-order valence-electron chi connectivity index (χ2n) is 6.29. The number of anilines is 1. The molecule has 130 valence electrons. The van der Waals surface area contributed by atoms with Crippen molar-refractivity contribution in [1.82, 2.24) is 0 Å². The van der Waals surface area contributed by atoms with Crippen molar-refractivity contribution in [2.75, 3.05) is 5.32 Å². The zero-order chi connectivity index (χ0) is 18.4. The molecule has 0 bridgehead atoms. The van der Waals surface area contributed by atoms with E-state index in [0.29, 0.717) is 6.61 Å². The minimum Gasteiger partial charge on any atom is -0.489 e. The lowest BCUT2D eigenvalue weighted by Gasteiger charge is -2.20. The number of aryl methyl sites for hydroxylation is 2. The largest absolute Gasteiger partial charge is 0.489 e. The van der Waals surface area contributed by atoms with Crippen LogP contribution in [0.25, 0.3) is 0 Å². The van der Waals surface area contributed by atoms with E-state index in [1.807, 2.05) is 86.6 Å². The molecule has 3 heteroatoms. The molecule has 0 radical (unpaired) electrons. The van der Waals surface area contributed by atoms with E-state index >= 15 is 0 Å². The Kier molecular flexibility index (Phi) is 5.56. The number of nitrogens with zero attached hydrogens (tertiary/aromatic N) is 1. The summed E-state index contributed by atoms with van der Waals surface area (Å²) in [6.07, 6.45) is 0. The van der Waals surface area contributed by atoms with Crippen LogP contribution < -0.4 is 10.1 Å². The molecule has 1 atom stereocenters. The highest BCUT2D eigenvalue weighted by Gasteiger charge is 2.17. The predicted molar refractivity (Wildman–Crippen MR) is 105 cm³/mol. The van der Waals surface area contributed by atoms with Crippen LogP contribution in [0.5, 0.6) is 5.75 Å². The lowest BCUT2D eigenvalue weighted by atomic mass is 10.0. The Morgan fingerprint density at radius 3 is 2.23 bits per heavy atom. The summed E-state index contributed by atoms with van der Waals surface area (Å²) in [5, 5.41) is 13.1. The number of nitrogens with one attached hydrogen (secondary N) is 1. The van der Waals surface area contributed by atoms with Crippen LogP contribution >= 0.6 is 0 Å². The van der Waals surface area contributed by atoms with E-state index in [-0.39, 0.29) is 0 Å². The van der Waals surface area contributed by atoms with E-state index in [1.165, 1.54) is 0 Å². The van der Waals surface area contributed by atoms with Crippen LogP contribution in [0.4, 0.5) is 5.69 Å². The molecular formula is C23H22N2O. The van der Waals surface area contributed by atoms with Crippen molar-refractivity contribution >= 4 is 5.69 Å². The summed E-state index contributed by atoms with van der Waals surface area (Å²) in [4.78, 5) is 0. The second-order valence-corrected chi connectivity index (χ2v) is 6.29. The van der Waals surface area contributed by atoms with Crippen molar-refractivity contribution in [1.29, 1.82) is 5.26 Å². The molecule has 3 aromatic rings. The maximum Gasteiger partial charge on any atom is 0.143 e. The Balaban J connectivity index is 1.84. The van der Waals surface area contributed by atoms with Gasteiger partial charge in [0.2, 0.25) is 0 Å². The molecule has 1 N–H and O–H groups in total. The summed E-state index contributed by atoms with van der Waals surface area (Å²) in [7, 11) is 0. The number of rotatable bonds is 6. The van der Waals surface area contributed by atoms with Gasteiger partial charge in [-0.25, -0.2) is 0 Å². The van der Waals surface area contributed by atoms with Crippen molar-refractivity contribution in [2.24, 2.45) is 0 Å². The van der Waals surface area contributed by atoms with E-state index in [2.05, 4.69) is 11.4 Å². The third kappa shape index (κ3) is 4.04. The highest BCUT2D eigenvalue weighted by Crippen LogP contribution is 2.30. The van der Waals surface area contributed by atoms with Crippen LogP contribution in [0.2, 0.25) is 0 Å². The first-order chi connectivity index (χ1) is 12.7. The standard InChI is InChI=1S/C23H22N2O/c1-17-9-8-10-18(2)23(17)25-21(15-24)20-13-6-7-14-22(20)26-16-19-11-4-3-5-12-19/h3-14,21,25H,16H2,1-2H3. The maximum atomic E-state index is 9.76. The van der Waals surface area contributed by atoms with Gasteiger partial charge in [0, 0.05) is 11.3 Å². The average molecular weight is 342 g/mol. The van der Waals surface area contributed by atoms with E-state index in [9.17, 15) is 5.26 Å². The zero-order valence-corrected chi connectivity index (χ0v) is 15.1. The van der Waals surface area contributed by atoms with E-state index in [1.54, 1.807) is 0 Å². The summed E-state index contributed by atoms with van der Waals surface area (Å²) in [6.45, 7) is 4.56. The molecule has 0 aliphatic heterocycles.